The molecule has 0 aliphatic carbocycles. The Hall–Kier alpha value is -1.82. The predicted molar refractivity (Wildman–Crippen MR) is 79.1 cm³/mol. The molecule has 5 nitrogen and oxygen atoms in total. The third-order valence-corrected chi connectivity index (χ3v) is 3.61. The Kier molecular flexibility index (Phi) is 3.90. The van der Waals surface area contributed by atoms with Crippen molar-refractivity contribution in [3.05, 3.63) is 40.1 Å². The van der Waals surface area contributed by atoms with Crippen LogP contribution in [0, 0.1) is 6.92 Å². The van der Waals surface area contributed by atoms with Crippen LogP contribution in [0.5, 0.6) is 0 Å². The second-order valence-electron chi connectivity index (χ2n) is 4.21. The highest BCUT2D eigenvalue weighted by molar-refractivity contribution is 9.10. The number of nitrogens with one attached hydrogen (secondary N) is 1. The molecule has 3 N–H and O–H groups in total. The highest BCUT2D eigenvalue weighted by Crippen LogP contribution is 2.21. The van der Waals surface area contributed by atoms with Gasteiger partial charge >= 0.3 is 0 Å². The lowest BCUT2D eigenvalue weighted by Gasteiger charge is -2.06. The largest absolute Gasteiger partial charge is 0.396 e. The monoisotopic (exact) mass is 322 g/mol. The highest BCUT2D eigenvalue weighted by atomic mass is 79.9. The van der Waals surface area contributed by atoms with E-state index < -0.39 is 0 Å². The first-order chi connectivity index (χ1) is 9.01. The van der Waals surface area contributed by atoms with Crippen molar-refractivity contribution in [2.24, 2.45) is 0 Å². The van der Waals surface area contributed by atoms with Crippen molar-refractivity contribution in [1.29, 1.82) is 0 Å². The summed E-state index contributed by atoms with van der Waals surface area (Å²) in [6, 6.07) is 5.61. The molecule has 6 heteroatoms. The zero-order chi connectivity index (χ0) is 14.0. The normalized spacial score (nSPS) is 10.5. The molecular weight excluding hydrogens is 308 g/mol. The van der Waals surface area contributed by atoms with Crippen molar-refractivity contribution < 1.29 is 4.79 Å². The van der Waals surface area contributed by atoms with Crippen molar-refractivity contribution in [1.82, 2.24) is 9.78 Å². The van der Waals surface area contributed by atoms with E-state index in [2.05, 4.69) is 26.3 Å². The standard InChI is InChI=1S/C13H15BrN4O/c1-3-18-7-11(15)12(17-18)13(19)16-9-5-4-8(2)10(14)6-9/h4-7H,3,15H2,1-2H3,(H,16,19). The van der Waals surface area contributed by atoms with Gasteiger partial charge in [-0.3, -0.25) is 9.48 Å². The van der Waals surface area contributed by atoms with Gasteiger partial charge in [0.15, 0.2) is 5.69 Å². The van der Waals surface area contributed by atoms with Crippen molar-refractivity contribution in [2.75, 3.05) is 11.1 Å². The van der Waals surface area contributed by atoms with Crippen molar-refractivity contribution in [2.45, 2.75) is 20.4 Å². The van der Waals surface area contributed by atoms with Gasteiger partial charge < -0.3 is 11.1 Å². The molecule has 2 rings (SSSR count). The van der Waals surface area contributed by atoms with Gasteiger partial charge in [-0.15, -0.1) is 0 Å². The molecule has 2 aromatic rings. The Morgan fingerprint density at radius 1 is 1.53 bits per heavy atom. The third kappa shape index (κ3) is 2.96. The van der Waals surface area contributed by atoms with Gasteiger partial charge in [0, 0.05) is 22.9 Å². The molecule has 0 fully saturated rings. The number of nitrogens with two attached hydrogens (primary N) is 1. The molecule has 1 aromatic heterocycles. The number of benzene rings is 1. The predicted octanol–water partition coefficient (Wildman–Crippen LogP) is 2.81. The van der Waals surface area contributed by atoms with Gasteiger partial charge in [0.05, 0.1) is 5.69 Å². The molecule has 0 spiro atoms. The minimum atomic E-state index is -0.305. The quantitative estimate of drug-likeness (QED) is 0.912. The summed E-state index contributed by atoms with van der Waals surface area (Å²) >= 11 is 3.43. The molecule has 1 aromatic carbocycles. The number of halogens is 1. The molecule has 0 aliphatic heterocycles. The maximum atomic E-state index is 12.1. The van der Waals surface area contributed by atoms with Gasteiger partial charge in [0.25, 0.3) is 5.91 Å². The lowest BCUT2D eigenvalue weighted by atomic mass is 10.2. The zero-order valence-corrected chi connectivity index (χ0v) is 12.4. The van der Waals surface area contributed by atoms with E-state index >= 15 is 0 Å². The number of aromatic nitrogens is 2. The Morgan fingerprint density at radius 3 is 2.84 bits per heavy atom. The van der Waals surface area contributed by atoms with E-state index in [1.165, 1.54) is 0 Å². The van der Waals surface area contributed by atoms with E-state index in [0.717, 1.165) is 10.0 Å². The smallest absolute Gasteiger partial charge is 0.278 e. The van der Waals surface area contributed by atoms with Crippen LogP contribution in [0.25, 0.3) is 0 Å². The summed E-state index contributed by atoms with van der Waals surface area (Å²) in [5, 5.41) is 6.91. The summed E-state index contributed by atoms with van der Waals surface area (Å²) in [5.74, 6) is -0.305. The Morgan fingerprint density at radius 2 is 2.26 bits per heavy atom. The number of carbonyl (C=O) groups is 1. The van der Waals surface area contributed by atoms with Crippen molar-refractivity contribution in [3.8, 4) is 0 Å². The van der Waals surface area contributed by atoms with Crippen LogP contribution in [0.4, 0.5) is 11.4 Å². The van der Waals surface area contributed by atoms with Gasteiger partial charge in [0.2, 0.25) is 0 Å². The minimum Gasteiger partial charge on any atom is -0.396 e. The fraction of sp³-hybridized carbons (Fsp3) is 0.231. The molecule has 0 bridgehead atoms. The first-order valence-corrected chi connectivity index (χ1v) is 6.71. The Labute approximate surface area is 119 Å². The maximum Gasteiger partial charge on any atom is 0.278 e. The van der Waals surface area contributed by atoms with Crippen LogP contribution in [0.3, 0.4) is 0 Å². The molecule has 1 amide bonds. The van der Waals surface area contributed by atoms with E-state index in [1.807, 2.05) is 32.0 Å². The number of nitrogen functional groups attached to an aromatic ring is 1. The molecule has 1 heterocycles. The average molecular weight is 323 g/mol. The van der Waals surface area contributed by atoms with Crippen LogP contribution < -0.4 is 11.1 Å². The van der Waals surface area contributed by atoms with Crippen LogP contribution in [0.15, 0.2) is 28.9 Å². The number of hydrogen-bond donors (Lipinski definition) is 2. The third-order valence-electron chi connectivity index (χ3n) is 2.76. The summed E-state index contributed by atoms with van der Waals surface area (Å²) in [7, 11) is 0. The Bertz CT molecular complexity index is 621. The van der Waals surface area contributed by atoms with Gasteiger partial charge in [-0.1, -0.05) is 22.0 Å². The summed E-state index contributed by atoms with van der Waals surface area (Å²) in [6.07, 6.45) is 1.65. The molecule has 0 unspecified atom stereocenters. The van der Waals surface area contributed by atoms with E-state index in [0.29, 0.717) is 17.9 Å². The molecule has 0 aliphatic rings. The molecule has 100 valence electrons. The fourth-order valence-corrected chi connectivity index (χ4v) is 2.01. The van der Waals surface area contributed by atoms with Crippen LogP contribution >= 0.6 is 15.9 Å². The summed E-state index contributed by atoms with van der Waals surface area (Å²) < 4.78 is 2.58. The van der Waals surface area contributed by atoms with Crippen LogP contribution in [-0.2, 0) is 6.54 Å². The minimum absolute atomic E-state index is 0.249. The molecule has 0 saturated carbocycles. The van der Waals surface area contributed by atoms with Crippen LogP contribution in [0.1, 0.15) is 23.0 Å². The first kappa shape index (κ1) is 13.6. The first-order valence-electron chi connectivity index (χ1n) is 5.91. The lowest BCUT2D eigenvalue weighted by Crippen LogP contribution is -2.14. The number of hydrogen-bond acceptors (Lipinski definition) is 3. The van der Waals surface area contributed by atoms with E-state index in [4.69, 9.17) is 5.73 Å². The number of aryl methyl sites for hydroxylation is 2. The number of rotatable bonds is 3. The zero-order valence-electron chi connectivity index (χ0n) is 10.8. The average Bonchev–Trinajstić information content (AvgIpc) is 2.75. The number of amides is 1. The van der Waals surface area contributed by atoms with Gasteiger partial charge in [-0.25, -0.2) is 0 Å². The SMILES string of the molecule is CCn1cc(N)c(C(=O)Nc2ccc(C)c(Br)c2)n1. The maximum absolute atomic E-state index is 12.1. The Balaban J connectivity index is 2.20. The highest BCUT2D eigenvalue weighted by Gasteiger charge is 2.14. The summed E-state index contributed by atoms with van der Waals surface area (Å²) in [5.41, 5.74) is 8.21. The van der Waals surface area contributed by atoms with E-state index in [-0.39, 0.29) is 11.6 Å². The summed E-state index contributed by atoms with van der Waals surface area (Å²) in [4.78, 5) is 12.1. The number of nitrogens with zero attached hydrogens (tertiary/aromatic N) is 2. The second-order valence-corrected chi connectivity index (χ2v) is 5.06. The molecule has 0 radical (unpaired) electrons. The van der Waals surface area contributed by atoms with Crippen molar-refractivity contribution >= 4 is 33.2 Å². The van der Waals surface area contributed by atoms with Crippen LogP contribution in [0.2, 0.25) is 0 Å². The molecule has 0 saturated heterocycles. The molecule has 0 atom stereocenters. The number of carbonyl (C=O) groups excluding carboxylic acids is 1. The second kappa shape index (κ2) is 5.44. The number of anilines is 2. The topological polar surface area (TPSA) is 72.9 Å². The molecule has 19 heavy (non-hydrogen) atoms. The van der Waals surface area contributed by atoms with E-state index in [1.54, 1.807) is 10.9 Å². The van der Waals surface area contributed by atoms with Gasteiger partial charge in [-0.2, -0.15) is 5.10 Å². The summed E-state index contributed by atoms with van der Waals surface area (Å²) in [6.45, 7) is 4.59. The van der Waals surface area contributed by atoms with Gasteiger partial charge in [-0.05, 0) is 31.5 Å². The van der Waals surface area contributed by atoms with Crippen molar-refractivity contribution in [3.63, 3.8) is 0 Å². The fourth-order valence-electron chi connectivity index (χ4n) is 1.64. The van der Waals surface area contributed by atoms with Gasteiger partial charge in [0.1, 0.15) is 0 Å². The van der Waals surface area contributed by atoms with E-state index in [9.17, 15) is 4.79 Å². The van der Waals surface area contributed by atoms with Crippen LogP contribution in [-0.4, -0.2) is 15.7 Å². The lowest BCUT2D eigenvalue weighted by molar-refractivity contribution is 0.102. The molecular formula is C13H15BrN4O.